The van der Waals surface area contributed by atoms with Crippen molar-refractivity contribution in [3.05, 3.63) is 23.0 Å². The normalized spacial score (nSPS) is 11.8. The van der Waals surface area contributed by atoms with Crippen LogP contribution in [0.25, 0.3) is 0 Å². The molecule has 0 saturated heterocycles. The largest absolute Gasteiger partial charge is 0.156 e. The molecule has 3 heteroatoms. The number of rotatable bonds is 2. The lowest BCUT2D eigenvalue weighted by Gasteiger charge is -2.23. The molecule has 0 N–H and O–H groups in total. The van der Waals surface area contributed by atoms with Crippen LogP contribution in [0, 0.1) is 13.8 Å². The number of halogens is 1. The Hall–Kier alpha value is -0.630. The van der Waals surface area contributed by atoms with E-state index in [9.17, 15) is 0 Å². The highest BCUT2D eigenvalue weighted by atomic mass is 35.5. The highest BCUT2D eigenvalue weighted by Crippen LogP contribution is 2.26. The summed E-state index contributed by atoms with van der Waals surface area (Å²) in [7, 11) is 0. The van der Waals surface area contributed by atoms with Crippen molar-refractivity contribution in [2.75, 3.05) is 5.88 Å². The Morgan fingerprint density at radius 3 is 2.46 bits per heavy atom. The first-order valence-corrected chi connectivity index (χ1v) is 4.88. The summed E-state index contributed by atoms with van der Waals surface area (Å²) < 4.78 is 0. The lowest BCUT2D eigenvalue weighted by Crippen LogP contribution is -2.21. The molecule has 0 radical (unpaired) electrons. The van der Waals surface area contributed by atoms with Gasteiger partial charge < -0.3 is 0 Å². The first kappa shape index (κ1) is 10.5. The summed E-state index contributed by atoms with van der Waals surface area (Å²) in [6.07, 6.45) is 0. The fraction of sp³-hybridized carbons (Fsp3) is 0.600. The minimum atomic E-state index is -0.0215. The van der Waals surface area contributed by atoms with E-state index in [2.05, 4.69) is 30.1 Å². The lowest BCUT2D eigenvalue weighted by atomic mass is 9.86. The molecule has 0 saturated carbocycles. The number of hydrogen-bond acceptors (Lipinski definition) is 2. The molecule has 2 nitrogen and oxygen atoms in total. The number of aromatic nitrogens is 2. The number of nitrogens with zero attached hydrogens (tertiary/aromatic N) is 2. The van der Waals surface area contributed by atoms with E-state index in [4.69, 9.17) is 11.6 Å². The lowest BCUT2D eigenvalue weighted by molar-refractivity contribution is 0.584. The molecule has 0 aliphatic rings. The van der Waals surface area contributed by atoms with Crippen LogP contribution in [0.2, 0.25) is 0 Å². The third-order valence-electron chi connectivity index (χ3n) is 2.16. The standard InChI is InChI=1S/C10H15ClN2/c1-7-5-9(8(2)13-12-7)10(3,4)6-11/h5H,6H2,1-4H3. The van der Waals surface area contributed by atoms with Crippen molar-refractivity contribution in [3.8, 4) is 0 Å². The van der Waals surface area contributed by atoms with E-state index in [0.29, 0.717) is 5.88 Å². The van der Waals surface area contributed by atoms with Gasteiger partial charge in [-0.2, -0.15) is 10.2 Å². The summed E-state index contributed by atoms with van der Waals surface area (Å²) in [4.78, 5) is 0. The van der Waals surface area contributed by atoms with Gasteiger partial charge in [-0.3, -0.25) is 0 Å². The van der Waals surface area contributed by atoms with E-state index in [-0.39, 0.29) is 5.41 Å². The average Bonchev–Trinajstić information content (AvgIpc) is 2.09. The van der Waals surface area contributed by atoms with Crippen LogP contribution in [0.1, 0.15) is 30.8 Å². The smallest absolute Gasteiger partial charge is 0.0638 e. The van der Waals surface area contributed by atoms with E-state index in [1.54, 1.807) is 0 Å². The van der Waals surface area contributed by atoms with Crippen LogP contribution in [0.4, 0.5) is 0 Å². The van der Waals surface area contributed by atoms with Crippen LogP contribution >= 0.6 is 11.6 Å². The molecule has 0 atom stereocenters. The van der Waals surface area contributed by atoms with Gasteiger partial charge in [0.05, 0.1) is 11.4 Å². The van der Waals surface area contributed by atoms with Crippen LogP contribution in [-0.2, 0) is 5.41 Å². The second-order valence-electron chi connectivity index (χ2n) is 4.00. The van der Waals surface area contributed by atoms with E-state index < -0.39 is 0 Å². The summed E-state index contributed by atoms with van der Waals surface area (Å²) in [5, 5.41) is 8.08. The molecular weight excluding hydrogens is 184 g/mol. The molecule has 1 aromatic heterocycles. The fourth-order valence-corrected chi connectivity index (χ4v) is 1.45. The maximum absolute atomic E-state index is 5.90. The van der Waals surface area contributed by atoms with Crippen molar-refractivity contribution in [3.63, 3.8) is 0 Å². The van der Waals surface area contributed by atoms with E-state index >= 15 is 0 Å². The fourth-order valence-electron chi connectivity index (χ4n) is 1.31. The second-order valence-corrected chi connectivity index (χ2v) is 4.27. The maximum Gasteiger partial charge on any atom is 0.0638 e. The van der Waals surface area contributed by atoms with Crippen LogP contribution < -0.4 is 0 Å². The number of hydrogen-bond donors (Lipinski definition) is 0. The quantitative estimate of drug-likeness (QED) is 0.683. The highest BCUT2D eigenvalue weighted by molar-refractivity contribution is 6.18. The first-order valence-electron chi connectivity index (χ1n) is 4.35. The number of aryl methyl sites for hydroxylation is 2. The molecule has 0 amide bonds. The van der Waals surface area contributed by atoms with Crippen LogP contribution in [0.15, 0.2) is 6.07 Å². The highest BCUT2D eigenvalue weighted by Gasteiger charge is 2.22. The van der Waals surface area contributed by atoms with E-state index in [1.165, 1.54) is 5.56 Å². The predicted molar refractivity (Wildman–Crippen MR) is 55.3 cm³/mol. The summed E-state index contributed by atoms with van der Waals surface area (Å²) in [6, 6.07) is 2.06. The molecule has 13 heavy (non-hydrogen) atoms. The van der Waals surface area contributed by atoms with Gasteiger partial charge in [-0.25, -0.2) is 0 Å². The molecule has 0 bridgehead atoms. The molecule has 0 aliphatic heterocycles. The zero-order valence-corrected chi connectivity index (χ0v) is 9.31. The van der Waals surface area contributed by atoms with Crippen molar-refractivity contribution >= 4 is 11.6 Å². The molecule has 1 heterocycles. The van der Waals surface area contributed by atoms with Crippen LogP contribution in [0.5, 0.6) is 0 Å². The topological polar surface area (TPSA) is 25.8 Å². The van der Waals surface area contributed by atoms with Gasteiger partial charge in [-0.1, -0.05) is 13.8 Å². The molecule has 0 aliphatic carbocycles. The van der Waals surface area contributed by atoms with Gasteiger partial charge in [0.15, 0.2) is 0 Å². The van der Waals surface area contributed by atoms with Crippen LogP contribution in [0.3, 0.4) is 0 Å². The summed E-state index contributed by atoms with van der Waals surface area (Å²) >= 11 is 5.90. The molecule has 72 valence electrons. The molecule has 1 rings (SSSR count). The van der Waals surface area contributed by atoms with Crippen LogP contribution in [-0.4, -0.2) is 16.1 Å². The van der Waals surface area contributed by atoms with Crippen molar-refractivity contribution in [2.24, 2.45) is 0 Å². The van der Waals surface area contributed by atoms with Crippen molar-refractivity contribution in [1.82, 2.24) is 10.2 Å². The zero-order chi connectivity index (χ0) is 10.1. The number of alkyl halides is 1. The van der Waals surface area contributed by atoms with Gasteiger partial charge in [0.1, 0.15) is 0 Å². The molecule has 0 aromatic carbocycles. The Morgan fingerprint density at radius 1 is 1.31 bits per heavy atom. The Labute approximate surface area is 84.3 Å². The molecule has 0 fully saturated rings. The van der Waals surface area contributed by atoms with Crippen molar-refractivity contribution < 1.29 is 0 Å². The summed E-state index contributed by atoms with van der Waals surface area (Å²) in [6.45, 7) is 8.14. The van der Waals surface area contributed by atoms with Gasteiger partial charge in [-0.15, -0.1) is 11.6 Å². The Balaban J connectivity index is 3.20. The average molecular weight is 199 g/mol. The van der Waals surface area contributed by atoms with Gasteiger partial charge in [-0.05, 0) is 25.5 Å². The third-order valence-corrected chi connectivity index (χ3v) is 2.83. The van der Waals surface area contributed by atoms with E-state index in [0.717, 1.165) is 11.4 Å². The minimum absolute atomic E-state index is 0.0215. The summed E-state index contributed by atoms with van der Waals surface area (Å²) in [5.74, 6) is 0.596. The van der Waals surface area contributed by atoms with E-state index in [1.807, 2.05) is 13.8 Å². The second kappa shape index (κ2) is 3.62. The predicted octanol–water partition coefficient (Wildman–Crippen LogP) is 2.61. The zero-order valence-electron chi connectivity index (χ0n) is 8.56. The Kier molecular flexibility index (Phi) is 2.91. The Morgan fingerprint density at radius 2 is 1.92 bits per heavy atom. The maximum atomic E-state index is 5.90. The minimum Gasteiger partial charge on any atom is -0.156 e. The molecule has 0 unspecified atom stereocenters. The van der Waals surface area contributed by atoms with Crippen molar-refractivity contribution in [1.29, 1.82) is 0 Å². The van der Waals surface area contributed by atoms with Gasteiger partial charge in [0.25, 0.3) is 0 Å². The van der Waals surface area contributed by atoms with Gasteiger partial charge in [0.2, 0.25) is 0 Å². The SMILES string of the molecule is Cc1cc(C(C)(C)CCl)c(C)nn1. The summed E-state index contributed by atoms with van der Waals surface area (Å²) in [5.41, 5.74) is 3.08. The monoisotopic (exact) mass is 198 g/mol. The Bertz CT molecular complexity index is 308. The molecule has 1 aromatic rings. The molecule has 0 spiro atoms. The third kappa shape index (κ3) is 2.19. The van der Waals surface area contributed by atoms with Gasteiger partial charge in [0, 0.05) is 11.3 Å². The van der Waals surface area contributed by atoms with Crippen molar-refractivity contribution in [2.45, 2.75) is 33.1 Å². The van der Waals surface area contributed by atoms with Gasteiger partial charge >= 0.3 is 0 Å². The first-order chi connectivity index (χ1) is 5.97. The molecular formula is C10H15ClN2.